The van der Waals surface area contributed by atoms with E-state index in [0.29, 0.717) is 12.1 Å². The molecule has 138 valence electrons. The number of nitrogens with one attached hydrogen (secondary N) is 1. The molecule has 0 radical (unpaired) electrons. The molecule has 0 aliphatic carbocycles. The first-order chi connectivity index (χ1) is 12.5. The summed E-state index contributed by atoms with van der Waals surface area (Å²) in [6, 6.07) is 9.33. The van der Waals surface area contributed by atoms with Gasteiger partial charge in [0.2, 0.25) is 0 Å². The van der Waals surface area contributed by atoms with Crippen LogP contribution in [0.3, 0.4) is 0 Å². The number of aromatic nitrogens is 2. The van der Waals surface area contributed by atoms with Crippen molar-refractivity contribution in [3.05, 3.63) is 47.3 Å². The van der Waals surface area contributed by atoms with Crippen molar-refractivity contribution in [2.24, 2.45) is 0 Å². The highest BCUT2D eigenvalue weighted by Gasteiger charge is 2.33. The Labute approximate surface area is 155 Å². The normalized spacial score (nSPS) is 22.7. The molecule has 2 saturated heterocycles. The molecule has 1 amide bonds. The third-order valence-corrected chi connectivity index (χ3v) is 5.67. The van der Waals surface area contributed by atoms with Crippen LogP contribution in [0.1, 0.15) is 60.6 Å². The summed E-state index contributed by atoms with van der Waals surface area (Å²) in [4.78, 5) is 15.3. The largest absolute Gasteiger partial charge is 0.337 e. The standard InChI is InChI=1S/C21H28N4O/c1-14(2)20-19(12-22-25(20)18-8-4-15(3)5-9-18)21(26)24-11-10-16-6-7-17(13-24)23-16/h4-5,8-9,12,14,16-17,23H,6-7,10-11,13H2,1-3H3. The van der Waals surface area contributed by atoms with E-state index in [9.17, 15) is 4.79 Å². The minimum Gasteiger partial charge on any atom is -0.337 e. The van der Waals surface area contributed by atoms with Gasteiger partial charge in [0.25, 0.3) is 5.91 Å². The van der Waals surface area contributed by atoms with Crippen LogP contribution in [-0.2, 0) is 0 Å². The van der Waals surface area contributed by atoms with Gasteiger partial charge < -0.3 is 10.2 Å². The Morgan fingerprint density at radius 2 is 1.88 bits per heavy atom. The number of hydrogen-bond donors (Lipinski definition) is 1. The Kier molecular flexibility index (Phi) is 4.57. The zero-order valence-electron chi connectivity index (χ0n) is 15.9. The average molecular weight is 352 g/mol. The number of nitrogens with zero attached hydrogens (tertiary/aromatic N) is 3. The lowest BCUT2D eigenvalue weighted by molar-refractivity contribution is 0.0746. The minimum absolute atomic E-state index is 0.126. The van der Waals surface area contributed by atoms with Gasteiger partial charge in [-0.05, 0) is 44.2 Å². The van der Waals surface area contributed by atoms with Gasteiger partial charge in [-0.2, -0.15) is 5.10 Å². The van der Waals surface area contributed by atoms with Crippen molar-refractivity contribution < 1.29 is 4.79 Å². The maximum absolute atomic E-state index is 13.3. The molecule has 4 rings (SSSR count). The number of likely N-dealkylation sites (tertiary alicyclic amines) is 1. The molecular weight excluding hydrogens is 324 g/mol. The highest BCUT2D eigenvalue weighted by molar-refractivity contribution is 5.95. The van der Waals surface area contributed by atoms with Crippen LogP contribution in [0.25, 0.3) is 5.69 Å². The molecule has 1 aromatic carbocycles. The second-order valence-electron chi connectivity index (χ2n) is 8.02. The predicted octanol–water partition coefficient (Wildman–Crippen LogP) is 3.27. The smallest absolute Gasteiger partial charge is 0.257 e. The molecule has 1 N–H and O–H groups in total. The first-order valence-corrected chi connectivity index (χ1v) is 9.73. The molecule has 2 bridgehead atoms. The lowest BCUT2D eigenvalue weighted by Crippen LogP contribution is -2.39. The van der Waals surface area contributed by atoms with Gasteiger partial charge in [-0.3, -0.25) is 4.79 Å². The number of benzene rings is 1. The Morgan fingerprint density at radius 1 is 1.15 bits per heavy atom. The predicted molar refractivity (Wildman–Crippen MR) is 103 cm³/mol. The first-order valence-electron chi connectivity index (χ1n) is 9.73. The van der Waals surface area contributed by atoms with Crippen molar-refractivity contribution in [1.29, 1.82) is 0 Å². The summed E-state index contributed by atoms with van der Waals surface area (Å²) in [5.41, 5.74) is 3.98. The van der Waals surface area contributed by atoms with Gasteiger partial charge >= 0.3 is 0 Å². The molecule has 2 atom stereocenters. The Hall–Kier alpha value is -2.14. The molecular formula is C21H28N4O. The molecule has 5 nitrogen and oxygen atoms in total. The molecule has 2 aromatic rings. The summed E-state index contributed by atoms with van der Waals surface area (Å²) in [7, 11) is 0. The van der Waals surface area contributed by atoms with Crippen LogP contribution in [0, 0.1) is 6.92 Å². The quantitative estimate of drug-likeness (QED) is 0.922. The summed E-state index contributed by atoms with van der Waals surface area (Å²) in [6.45, 7) is 7.98. The Balaban J connectivity index is 1.65. The summed E-state index contributed by atoms with van der Waals surface area (Å²) in [5.74, 6) is 0.348. The van der Waals surface area contributed by atoms with E-state index in [2.05, 4.69) is 55.5 Å². The van der Waals surface area contributed by atoms with Gasteiger partial charge in [0.15, 0.2) is 0 Å². The maximum atomic E-state index is 13.3. The molecule has 3 heterocycles. The molecule has 0 spiro atoms. The molecule has 1 aromatic heterocycles. The lowest BCUT2D eigenvalue weighted by atomic mass is 10.0. The lowest BCUT2D eigenvalue weighted by Gasteiger charge is -2.25. The van der Waals surface area contributed by atoms with Crippen molar-refractivity contribution in [3.63, 3.8) is 0 Å². The highest BCUT2D eigenvalue weighted by Crippen LogP contribution is 2.26. The van der Waals surface area contributed by atoms with E-state index in [0.717, 1.165) is 36.5 Å². The number of amides is 1. The third kappa shape index (κ3) is 3.16. The summed E-state index contributed by atoms with van der Waals surface area (Å²) in [6.07, 6.45) is 5.23. The van der Waals surface area contributed by atoms with Crippen molar-refractivity contribution in [3.8, 4) is 5.69 Å². The second-order valence-corrected chi connectivity index (χ2v) is 8.02. The fourth-order valence-electron chi connectivity index (χ4n) is 4.27. The molecule has 0 saturated carbocycles. The van der Waals surface area contributed by atoms with Crippen molar-refractivity contribution in [2.45, 2.75) is 58.0 Å². The molecule has 2 unspecified atom stereocenters. The van der Waals surface area contributed by atoms with Gasteiger partial charge in [0, 0.05) is 25.2 Å². The molecule has 2 aliphatic rings. The van der Waals surface area contributed by atoms with Crippen molar-refractivity contribution in [1.82, 2.24) is 20.0 Å². The number of aryl methyl sites for hydroxylation is 1. The highest BCUT2D eigenvalue weighted by atomic mass is 16.2. The molecule has 2 fully saturated rings. The molecule has 26 heavy (non-hydrogen) atoms. The van der Waals surface area contributed by atoms with E-state index >= 15 is 0 Å². The van der Waals surface area contributed by atoms with E-state index in [-0.39, 0.29) is 11.8 Å². The monoisotopic (exact) mass is 352 g/mol. The molecule has 5 heteroatoms. The summed E-state index contributed by atoms with van der Waals surface area (Å²) >= 11 is 0. The van der Waals surface area contributed by atoms with Crippen LogP contribution < -0.4 is 5.32 Å². The zero-order valence-corrected chi connectivity index (χ0v) is 15.9. The van der Waals surface area contributed by atoms with Crippen molar-refractivity contribution >= 4 is 5.91 Å². The SMILES string of the molecule is Cc1ccc(-n2ncc(C(=O)N3CCC4CCC(C3)N4)c2C(C)C)cc1. The first kappa shape index (κ1) is 17.3. The van der Waals surface area contributed by atoms with Gasteiger partial charge in [-0.25, -0.2) is 4.68 Å². The van der Waals surface area contributed by atoms with Gasteiger partial charge in [-0.15, -0.1) is 0 Å². The van der Waals surface area contributed by atoms with Crippen LogP contribution in [0.15, 0.2) is 30.5 Å². The third-order valence-electron chi connectivity index (χ3n) is 5.67. The second kappa shape index (κ2) is 6.88. The van der Waals surface area contributed by atoms with E-state index in [4.69, 9.17) is 0 Å². The van der Waals surface area contributed by atoms with Crippen LogP contribution in [0.2, 0.25) is 0 Å². The number of carbonyl (C=O) groups excluding carboxylic acids is 1. The fraction of sp³-hybridized carbons (Fsp3) is 0.524. The van der Waals surface area contributed by atoms with Gasteiger partial charge in [0.1, 0.15) is 0 Å². The van der Waals surface area contributed by atoms with E-state index < -0.39 is 0 Å². The van der Waals surface area contributed by atoms with E-state index in [1.807, 2.05) is 9.58 Å². The maximum Gasteiger partial charge on any atom is 0.257 e. The average Bonchev–Trinajstić information content (AvgIpc) is 3.18. The topological polar surface area (TPSA) is 50.2 Å². The van der Waals surface area contributed by atoms with Crippen LogP contribution in [-0.4, -0.2) is 45.8 Å². The Bertz CT molecular complexity index is 793. The number of rotatable bonds is 3. The summed E-state index contributed by atoms with van der Waals surface area (Å²) in [5, 5.41) is 8.23. The van der Waals surface area contributed by atoms with Gasteiger partial charge in [-0.1, -0.05) is 31.5 Å². The van der Waals surface area contributed by atoms with Crippen LogP contribution in [0.5, 0.6) is 0 Å². The molecule has 2 aliphatic heterocycles. The zero-order chi connectivity index (χ0) is 18.3. The van der Waals surface area contributed by atoms with E-state index in [1.165, 1.54) is 18.4 Å². The van der Waals surface area contributed by atoms with Gasteiger partial charge in [0.05, 0.1) is 23.1 Å². The van der Waals surface area contributed by atoms with Crippen LogP contribution >= 0.6 is 0 Å². The minimum atomic E-state index is 0.126. The fourth-order valence-corrected chi connectivity index (χ4v) is 4.27. The number of fused-ring (bicyclic) bond motifs is 2. The summed E-state index contributed by atoms with van der Waals surface area (Å²) < 4.78 is 1.93. The van der Waals surface area contributed by atoms with E-state index in [1.54, 1.807) is 6.20 Å². The van der Waals surface area contributed by atoms with Crippen molar-refractivity contribution in [2.75, 3.05) is 13.1 Å². The number of hydrogen-bond acceptors (Lipinski definition) is 3. The number of carbonyl (C=O) groups is 1. The van der Waals surface area contributed by atoms with Crippen LogP contribution in [0.4, 0.5) is 0 Å². The Morgan fingerprint density at radius 3 is 2.62 bits per heavy atom.